The normalized spacial score (nSPS) is 17.3. The molecule has 21 heavy (non-hydrogen) atoms. The number of carbonyl (C=O) groups is 1. The predicted octanol–water partition coefficient (Wildman–Crippen LogP) is 2.26. The first-order valence-corrected chi connectivity index (χ1v) is 7.73. The minimum atomic E-state index is -0.222. The maximum atomic E-state index is 12.7. The molecule has 1 aromatic rings. The summed E-state index contributed by atoms with van der Waals surface area (Å²) in [7, 11) is 3.90. The number of amides is 1. The van der Waals surface area contributed by atoms with E-state index >= 15 is 0 Å². The smallest absolute Gasteiger partial charge is 0.230 e. The van der Waals surface area contributed by atoms with Crippen LogP contribution in [0, 0.1) is 5.41 Å². The van der Waals surface area contributed by atoms with Crippen LogP contribution in [0.25, 0.3) is 0 Å². The van der Waals surface area contributed by atoms with E-state index < -0.39 is 0 Å². The van der Waals surface area contributed by atoms with E-state index in [1.165, 1.54) is 0 Å². The van der Waals surface area contributed by atoms with Crippen molar-refractivity contribution in [3.05, 3.63) is 18.3 Å². The third kappa shape index (κ3) is 3.73. The second kappa shape index (κ2) is 6.89. The van der Waals surface area contributed by atoms with Gasteiger partial charge in [0.2, 0.25) is 5.91 Å². The van der Waals surface area contributed by atoms with Crippen LogP contribution in [0.1, 0.15) is 32.6 Å². The number of piperidine rings is 1. The number of nitrogens with zero attached hydrogens (tertiary/aromatic N) is 2. The van der Waals surface area contributed by atoms with Gasteiger partial charge in [-0.3, -0.25) is 4.79 Å². The molecule has 0 atom stereocenters. The van der Waals surface area contributed by atoms with Gasteiger partial charge in [0.1, 0.15) is 5.82 Å². The highest BCUT2D eigenvalue weighted by Crippen LogP contribution is 2.35. The SMILES string of the molecule is CCCC1(C(=O)Nc2ccc(N(C)C)nc2)CCNCC1. The fourth-order valence-corrected chi connectivity index (χ4v) is 2.96. The monoisotopic (exact) mass is 290 g/mol. The van der Waals surface area contributed by atoms with Crippen LogP contribution in [-0.4, -0.2) is 38.1 Å². The zero-order valence-corrected chi connectivity index (χ0v) is 13.3. The molecule has 0 radical (unpaired) electrons. The summed E-state index contributed by atoms with van der Waals surface area (Å²) in [6.45, 7) is 3.99. The first-order chi connectivity index (χ1) is 10.1. The van der Waals surface area contributed by atoms with Gasteiger partial charge in [0.05, 0.1) is 17.3 Å². The van der Waals surface area contributed by atoms with E-state index in [9.17, 15) is 4.79 Å². The van der Waals surface area contributed by atoms with Gasteiger partial charge in [0.15, 0.2) is 0 Å². The summed E-state index contributed by atoms with van der Waals surface area (Å²) < 4.78 is 0. The van der Waals surface area contributed by atoms with Crippen LogP contribution in [0.4, 0.5) is 11.5 Å². The molecular formula is C16H26N4O. The van der Waals surface area contributed by atoms with E-state index in [4.69, 9.17) is 0 Å². The number of rotatable bonds is 5. The van der Waals surface area contributed by atoms with Gasteiger partial charge >= 0.3 is 0 Å². The second-order valence-electron chi connectivity index (χ2n) is 6.03. The minimum absolute atomic E-state index is 0.144. The van der Waals surface area contributed by atoms with Gasteiger partial charge in [-0.05, 0) is 44.5 Å². The van der Waals surface area contributed by atoms with E-state index in [2.05, 4.69) is 22.5 Å². The molecule has 5 heteroatoms. The van der Waals surface area contributed by atoms with Crippen LogP contribution in [0.15, 0.2) is 18.3 Å². The van der Waals surface area contributed by atoms with Crippen molar-refractivity contribution in [2.45, 2.75) is 32.6 Å². The van der Waals surface area contributed by atoms with E-state index in [0.29, 0.717) is 0 Å². The molecule has 1 amide bonds. The average Bonchev–Trinajstić information content (AvgIpc) is 2.49. The van der Waals surface area contributed by atoms with E-state index in [-0.39, 0.29) is 11.3 Å². The number of nitrogens with one attached hydrogen (secondary N) is 2. The van der Waals surface area contributed by atoms with Crippen molar-refractivity contribution in [3.8, 4) is 0 Å². The van der Waals surface area contributed by atoms with Crippen LogP contribution >= 0.6 is 0 Å². The van der Waals surface area contributed by atoms with Crippen molar-refractivity contribution >= 4 is 17.4 Å². The molecule has 1 aliphatic heterocycles. The lowest BCUT2D eigenvalue weighted by Gasteiger charge is -2.36. The maximum Gasteiger partial charge on any atom is 0.230 e. The Balaban J connectivity index is 2.07. The predicted molar refractivity (Wildman–Crippen MR) is 86.6 cm³/mol. The highest BCUT2D eigenvalue weighted by molar-refractivity contribution is 5.95. The van der Waals surface area contributed by atoms with Crippen molar-refractivity contribution in [1.29, 1.82) is 0 Å². The Morgan fingerprint density at radius 1 is 1.38 bits per heavy atom. The van der Waals surface area contributed by atoms with Gasteiger partial charge in [-0.25, -0.2) is 4.98 Å². The summed E-state index contributed by atoms with van der Waals surface area (Å²) in [6, 6.07) is 3.84. The quantitative estimate of drug-likeness (QED) is 0.873. The first kappa shape index (κ1) is 15.8. The number of anilines is 2. The molecule has 0 unspecified atom stereocenters. The van der Waals surface area contributed by atoms with E-state index in [1.54, 1.807) is 6.20 Å². The van der Waals surface area contributed by atoms with Crippen molar-refractivity contribution in [2.24, 2.45) is 5.41 Å². The summed E-state index contributed by atoms with van der Waals surface area (Å²) in [4.78, 5) is 19.0. The molecule has 1 fully saturated rings. The lowest BCUT2D eigenvalue weighted by atomic mass is 9.74. The highest BCUT2D eigenvalue weighted by Gasteiger charge is 2.38. The fraction of sp³-hybridized carbons (Fsp3) is 0.625. The highest BCUT2D eigenvalue weighted by atomic mass is 16.2. The molecule has 0 spiro atoms. The standard InChI is InChI=1S/C16H26N4O/c1-4-7-16(8-10-17-11-9-16)15(21)19-13-5-6-14(18-12-13)20(2)3/h5-6,12,17H,4,7-11H2,1-3H3,(H,19,21). The summed E-state index contributed by atoms with van der Waals surface area (Å²) in [5.41, 5.74) is 0.555. The van der Waals surface area contributed by atoms with Gasteiger partial charge in [0.25, 0.3) is 0 Å². The van der Waals surface area contributed by atoms with Gasteiger partial charge in [0, 0.05) is 14.1 Å². The number of hydrogen-bond donors (Lipinski definition) is 2. The minimum Gasteiger partial charge on any atom is -0.363 e. The Morgan fingerprint density at radius 2 is 2.10 bits per heavy atom. The van der Waals surface area contributed by atoms with Crippen molar-refractivity contribution in [3.63, 3.8) is 0 Å². The molecule has 2 rings (SSSR count). The Hall–Kier alpha value is -1.62. The van der Waals surface area contributed by atoms with Crippen molar-refractivity contribution in [1.82, 2.24) is 10.3 Å². The first-order valence-electron chi connectivity index (χ1n) is 7.73. The van der Waals surface area contributed by atoms with Crippen LogP contribution in [0.2, 0.25) is 0 Å². The maximum absolute atomic E-state index is 12.7. The molecule has 1 aliphatic rings. The molecule has 2 heterocycles. The number of pyridine rings is 1. The molecule has 1 aromatic heterocycles. The van der Waals surface area contributed by atoms with E-state index in [1.807, 2.05) is 31.1 Å². The number of carbonyl (C=O) groups excluding carboxylic acids is 1. The summed E-state index contributed by atoms with van der Waals surface area (Å²) in [5, 5.41) is 6.39. The summed E-state index contributed by atoms with van der Waals surface area (Å²) in [5.74, 6) is 1.03. The third-order valence-electron chi connectivity index (χ3n) is 4.23. The lowest BCUT2D eigenvalue weighted by molar-refractivity contribution is -0.127. The van der Waals surface area contributed by atoms with Crippen molar-refractivity contribution < 1.29 is 4.79 Å². The van der Waals surface area contributed by atoms with Crippen molar-refractivity contribution in [2.75, 3.05) is 37.4 Å². The zero-order valence-electron chi connectivity index (χ0n) is 13.3. The lowest BCUT2D eigenvalue weighted by Crippen LogP contribution is -2.44. The van der Waals surface area contributed by atoms with Gasteiger partial charge < -0.3 is 15.5 Å². The summed E-state index contributed by atoms with van der Waals surface area (Å²) >= 11 is 0. The van der Waals surface area contributed by atoms with Crippen LogP contribution < -0.4 is 15.5 Å². The molecular weight excluding hydrogens is 264 g/mol. The molecule has 1 saturated heterocycles. The number of hydrogen-bond acceptors (Lipinski definition) is 4. The van der Waals surface area contributed by atoms with Gasteiger partial charge in [-0.15, -0.1) is 0 Å². The van der Waals surface area contributed by atoms with Crippen LogP contribution in [0.3, 0.4) is 0 Å². The summed E-state index contributed by atoms with van der Waals surface area (Å²) in [6.07, 6.45) is 5.54. The molecule has 116 valence electrons. The largest absolute Gasteiger partial charge is 0.363 e. The van der Waals surface area contributed by atoms with Gasteiger partial charge in [-0.2, -0.15) is 0 Å². The molecule has 0 aliphatic carbocycles. The van der Waals surface area contributed by atoms with E-state index in [0.717, 1.165) is 50.3 Å². The number of aromatic nitrogens is 1. The molecule has 2 N–H and O–H groups in total. The Bertz CT molecular complexity index is 458. The molecule has 0 aromatic carbocycles. The topological polar surface area (TPSA) is 57.3 Å². The zero-order chi connectivity index (χ0) is 15.3. The fourth-order valence-electron chi connectivity index (χ4n) is 2.96. The Labute approximate surface area is 127 Å². The average molecular weight is 290 g/mol. The van der Waals surface area contributed by atoms with Crippen LogP contribution in [-0.2, 0) is 4.79 Å². The van der Waals surface area contributed by atoms with Gasteiger partial charge in [-0.1, -0.05) is 13.3 Å². The Kier molecular flexibility index (Phi) is 5.17. The molecule has 0 saturated carbocycles. The molecule has 0 bridgehead atoms. The second-order valence-corrected chi connectivity index (χ2v) is 6.03. The Morgan fingerprint density at radius 3 is 2.62 bits per heavy atom. The third-order valence-corrected chi connectivity index (χ3v) is 4.23. The molecule has 5 nitrogen and oxygen atoms in total. The van der Waals surface area contributed by atoms with Crippen LogP contribution in [0.5, 0.6) is 0 Å².